The van der Waals surface area contributed by atoms with Gasteiger partial charge in [0.25, 0.3) is 0 Å². The van der Waals surface area contributed by atoms with Crippen LogP contribution < -0.4 is 0 Å². The number of rotatable bonds is 5. The van der Waals surface area contributed by atoms with E-state index >= 15 is 0 Å². The zero-order valence-corrected chi connectivity index (χ0v) is 18.7. The lowest BCUT2D eigenvalue weighted by Crippen LogP contribution is -2.49. The lowest BCUT2D eigenvalue weighted by molar-refractivity contribution is -0.153. The molecule has 0 spiro atoms. The molecule has 7 heteroatoms. The molecule has 160 valence electrons. The summed E-state index contributed by atoms with van der Waals surface area (Å²) in [4.78, 5) is 31.6. The molecule has 4 rings (SSSR count). The standard InChI is InChI=1S/C24H25N3O3S/c1-16-8-9-17(2)20(12-16)26-11-10-25-24(26)31-15-22(28)27-14-19-7-5-4-6-18(19)13-21(27)23(29)30-3/h4-12,21H,13-15H2,1-3H3. The normalized spacial score (nSPS) is 15.5. The van der Waals surface area contributed by atoms with Crippen LogP contribution in [-0.4, -0.2) is 45.2 Å². The first-order valence-electron chi connectivity index (χ1n) is 10.2. The summed E-state index contributed by atoms with van der Waals surface area (Å²) in [5.74, 6) is -0.299. The van der Waals surface area contributed by atoms with Crippen molar-refractivity contribution < 1.29 is 14.3 Å². The van der Waals surface area contributed by atoms with E-state index in [0.29, 0.717) is 13.0 Å². The fourth-order valence-electron chi connectivity index (χ4n) is 3.90. The minimum absolute atomic E-state index is 0.106. The van der Waals surface area contributed by atoms with E-state index in [4.69, 9.17) is 4.74 Å². The monoisotopic (exact) mass is 435 g/mol. The Hall–Kier alpha value is -3.06. The van der Waals surface area contributed by atoms with Gasteiger partial charge in [-0.25, -0.2) is 9.78 Å². The zero-order valence-electron chi connectivity index (χ0n) is 17.9. The summed E-state index contributed by atoms with van der Waals surface area (Å²) in [5.41, 5.74) is 5.49. The first kappa shape index (κ1) is 21.2. The molecule has 2 heterocycles. The first-order chi connectivity index (χ1) is 15.0. The first-order valence-corrected chi connectivity index (χ1v) is 11.1. The quantitative estimate of drug-likeness (QED) is 0.452. The highest BCUT2D eigenvalue weighted by Crippen LogP contribution is 2.27. The molecule has 0 saturated carbocycles. The minimum Gasteiger partial charge on any atom is -0.467 e. The fourth-order valence-corrected chi connectivity index (χ4v) is 4.75. The maximum Gasteiger partial charge on any atom is 0.328 e. The molecule has 31 heavy (non-hydrogen) atoms. The highest BCUT2D eigenvalue weighted by molar-refractivity contribution is 7.99. The number of aryl methyl sites for hydroxylation is 2. The van der Waals surface area contributed by atoms with Gasteiger partial charge in [-0.3, -0.25) is 9.36 Å². The van der Waals surface area contributed by atoms with E-state index in [1.165, 1.54) is 18.9 Å². The summed E-state index contributed by atoms with van der Waals surface area (Å²) >= 11 is 1.38. The van der Waals surface area contributed by atoms with Gasteiger partial charge < -0.3 is 9.64 Å². The Morgan fingerprint density at radius 2 is 1.94 bits per heavy atom. The van der Waals surface area contributed by atoms with Crippen LogP contribution >= 0.6 is 11.8 Å². The van der Waals surface area contributed by atoms with E-state index in [1.807, 2.05) is 35.0 Å². The highest BCUT2D eigenvalue weighted by atomic mass is 32.2. The Bertz CT molecular complexity index is 1120. The largest absolute Gasteiger partial charge is 0.467 e. The van der Waals surface area contributed by atoms with Crippen LogP contribution in [0.25, 0.3) is 5.69 Å². The van der Waals surface area contributed by atoms with Crippen molar-refractivity contribution in [3.8, 4) is 5.69 Å². The second-order valence-electron chi connectivity index (χ2n) is 7.69. The molecule has 0 saturated heterocycles. The van der Waals surface area contributed by atoms with Crippen molar-refractivity contribution >= 4 is 23.6 Å². The van der Waals surface area contributed by atoms with E-state index in [2.05, 4.69) is 37.0 Å². The molecule has 0 aliphatic carbocycles. The molecule has 1 aromatic heterocycles. The third kappa shape index (κ3) is 4.37. The second kappa shape index (κ2) is 8.98. The van der Waals surface area contributed by atoms with Gasteiger partial charge in [0.2, 0.25) is 5.91 Å². The van der Waals surface area contributed by atoms with Crippen LogP contribution in [-0.2, 0) is 27.3 Å². The van der Waals surface area contributed by atoms with Gasteiger partial charge in [-0.2, -0.15) is 0 Å². The van der Waals surface area contributed by atoms with Crippen molar-refractivity contribution in [2.75, 3.05) is 12.9 Å². The maximum absolute atomic E-state index is 13.2. The van der Waals surface area contributed by atoms with Crippen LogP contribution in [0.2, 0.25) is 0 Å². The van der Waals surface area contributed by atoms with Gasteiger partial charge in [-0.1, -0.05) is 48.2 Å². The number of imidazole rings is 1. The van der Waals surface area contributed by atoms with Gasteiger partial charge in [0.05, 0.1) is 18.6 Å². The SMILES string of the molecule is COC(=O)C1Cc2ccccc2CN1C(=O)CSc1nccn1-c1cc(C)ccc1C. The fraction of sp³-hybridized carbons (Fsp3) is 0.292. The summed E-state index contributed by atoms with van der Waals surface area (Å²) in [6, 6.07) is 13.6. The number of nitrogens with zero attached hydrogens (tertiary/aromatic N) is 3. The van der Waals surface area contributed by atoms with Gasteiger partial charge in [-0.05, 0) is 42.2 Å². The molecular weight excluding hydrogens is 410 g/mol. The van der Waals surface area contributed by atoms with E-state index in [1.54, 1.807) is 11.1 Å². The molecule has 2 aromatic carbocycles. The molecule has 1 aliphatic heterocycles. The summed E-state index contributed by atoms with van der Waals surface area (Å²) in [5, 5.41) is 0.745. The Balaban J connectivity index is 1.53. The summed E-state index contributed by atoms with van der Waals surface area (Å²) in [6.45, 7) is 4.51. The third-order valence-corrected chi connectivity index (χ3v) is 6.55. The number of hydrogen-bond donors (Lipinski definition) is 0. The van der Waals surface area contributed by atoms with Crippen molar-refractivity contribution in [1.29, 1.82) is 0 Å². The molecule has 1 amide bonds. The number of benzene rings is 2. The number of carbonyl (C=O) groups excluding carboxylic acids is 2. The molecule has 0 radical (unpaired) electrons. The maximum atomic E-state index is 13.2. The Morgan fingerprint density at radius 3 is 2.71 bits per heavy atom. The molecule has 1 unspecified atom stereocenters. The number of hydrogen-bond acceptors (Lipinski definition) is 5. The van der Waals surface area contributed by atoms with Gasteiger partial charge >= 0.3 is 5.97 Å². The summed E-state index contributed by atoms with van der Waals surface area (Å²) < 4.78 is 6.98. The van der Waals surface area contributed by atoms with Gasteiger partial charge in [0, 0.05) is 25.4 Å². The van der Waals surface area contributed by atoms with E-state index < -0.39 is 6.04 Å². The number of amides is 1. The molecule has 6 nitrogen and oxygen atoms in total. The van der Waals surface area contributed by atoms with Crippen LogP contribution in [0, 0.1) is 13.8 Å². The van der Waals surface area contributed by atoms with E-state index in [0.717, 1.165) is 33.1 Å². The Labute approximate surface area is 186 Å². The van der Waals surface area contributed by atoms with Crippen molar-refractivity contribution in [1.82, 2.24) is 14.5 Å². The zero-order chi connectivity index (χ0) is 22.0. The smallest absolute Gasteiger partial charge is 0.328 e. The van der Waals surface area contributed by atoms with E-state index in [-0.39, 0.29) is 17.6 Å². The highest BCUT2D eigenvalue weighted by Gasteiger charge is 2.35. The number of methoxy groups -OCH3 is 1. The predicted molar refractivity (Wildman–Crippen MR) is 120 cm³/mol. The molecule has 0 fully saturated rings. The number of ether oxygens (including phenoxy) is 1. The predicted octanol–water partition coefficient (Wildman–Crippen LogP) is 3.71. The third-order valence-electron chi connectivity index (χ3n) is 5.60. The molecular formula is C24H25N3O3S. The number of fused-ring (bicyclic) bond motifs is 1. The van der Waals surface area contributed by atoms with Gasteiger partial charge in [0.15, 0.2) is 5.16 Å². The lowest BCUT2D eigenvalue weighted by Gasteiger charge is -2.35. The van der Waals surface area contributed by atoms with Gasteiger partial charge in [-0.15, -0.1) is 0 Å². The molecule has 0 bridgehead atoms. The molecule has 3 aromatic rings. The Morgan fingerprint density at radius 1 is 1.16 bits per heavy atom. The molecule has 1 atom stereocenters. The number of carbonyl (C=O) groups is 2. The van der Waals surface area contributed by atoms with Gasteiger partial charge in [0.1, 0.15) is 6.04 Å². The van der Waals surface area contributed by atoms with Crippen molar-refractivity contribution in [3.05, 3.63) is 77.1 Å². The van der Waals surface area contributed by atoms with Crippen molar-refractivity contribution in [3.63, 3.8) is 0 Å². The van der Waals surface area contributed by atoms with Crippen LogP contribution in [0.5, 0.6) is 0 Å². The number of esters is 1. The van der Waals surface area contributed by atoms with E-state index in [9.17, 15) is 9.59 Å². The molecule has 0 N–H and O–H groups in total. The molecule has 1 aliphatic rings. The van der Waals surface area contributed by atoms with Crippen LogP contribution in [0.3, 0.4) is 0 Å². The topological polar surface area (TPSA) is 64.4 Å². The summed E-state index contributed by atoms with van der Waals surface area (Å²) in [7, 11) is 1.36. The number of thioether (sulfide) groups is 1. The number of aromatic nitrogens is 2. The van der Waals surface area contributed by atoms with Crippen LogP contribution in [0.1, 0.15) is 22.3 Å². The Kier molecular flexibility index (Phi) is 6.13. The van der Waals surface area contributed by atoms with Crippen LogP contribution in [0.4, 0.5) is 0 Å². The average Bonchev–Trinajstić information content (AvgIpc) is 3.26. The summed E-state index contributed by atoms with van der Waals surface area (Å²) in [6.07, 6.45) is 4.11. The minimum atomic E-state index is -0.605. The average molecular weight is 436 g/mol. The lowest BCUT2D eigenvalue weighted by atomic mass is 9.94. The van der Waals surface area contributed by atoms with Crippen molar-refractivity contribution in [2.45, 2.75) is 38.0 Å². The second-order valence-corrected chi connectivity index (χ2v) is 8.63. The van der Waals surface area contributed by atoms with Crippen molar-refractivity contribution in [2.24, 2.45) is 0 Å². The van der Waals surface area contributed by atoms with Crippen LogP contribution in [0.15, 0.2) is 60.0 Å².